The lowest BCUT2D eigenvalue weighted by molar-refractivity contribution is 0.319. The van der Waals surface area contributed by atoms with Gasteiger partial charge in [0.15, 0.2) is 17.3 Å². The zero-order valence-corrected chi connectivity index (χ0v) is 17.4. The van der Waals surface area contributed by atoms with E-state index in [0.29, 0.717) is 51.4 Å². The van der Waals surface area contributed by atoms with Gasteiger partial charge >= 0.3 is 0 Å². The summed E-state index contributed by atoms with van der Waals surface area (Å²) in [5.41, 5.74) is 0.462. The van der Waals surface area contributed by atoms with E-state index in [1.165, 1.54) is 11.8 Å². The normalized spacial score (nSPS) is 11.5. The van der Waals surface area contributed by atoms with Crippen molar-refractivity contribution in [1.29, 1.82) is 0 Å². The molecule has 0 amide bonds. The van der Waals surface area contributed by atoms with Crippen molar-refractivity contribution in [2.24, 2.45) is 0 Å². The van der Waals surface area contributed by atoms with Gasteiger partial charge in [-0.3, -0.25) is 0 Å². The van der Waals surface area contributed by atoms with Crippen LogP contribution in [0.4, 0.5) is 0 Å². The third-order valence-corrected chi connectivity index (χ3v) is 4.57. The van der Waals surface area contributed by atoms with Gasteiger partial charge in [0.1, 0.15) is 0 Å². The minimum absolute atomic E-state index is 0.194. The quantitative estimate of drug-likeness (QED) is 0.539. The van der Waals surface area contributed by atoms with E-state index >= 15 is 0 Å². The van der Waals surface area contributed by atoms with Crippen LogP contribution in [0.15, 0.2) is 26.3 Å². The first-order valence-corrected chi connectivity index (χ1v) is 9.44. The van der Waals surface area contributed by atoms with Crippen molar-refractivity contribution in [2.75, 3.05) is 21.3 Å². The molecule has 0 saturated heterocycles. The van der Waals surface area contributed by atoms with E-state index in [-0.39, 0.29) is 5.41 Å². The lowest BCUT2D eigenvalue weighted by Crippen LogP contribution is -2.11. The van der Waals surface area contributed by atoms with Crippen molar-refractivity contribution in [1.82, 2.24) is 20.3 Å². The second-order valence-electron chi connectivity index (χ2n) is 6.84. The highest BCUT2D eigenvalue weighted by molar-refractivity contribution is 7.98. The Labute approximate surface area is 166 Å². The van der Waals surface area contributed by atoms with Gasteiger partial charge < -0.3 is 23.2 Å². The summed E-state index contributed by atoms with van der Waals surface area (Å²) in [4.78, 5) is 4.39. The van der Waals surface area contributed by atoms with Crippen LogP contribution in [-0.2, 0) is 11.2 Å². The highest BCUT2D eigenvalue weighted by Gasteiger charge is 2.22. The molecule has 9 nitrogen and oxygen atoms in total. The van der Waals surface area contributed by atoms with Gasteiger partial charge in [0.05, 0.1) is 27.1 Å². The summed E-state index contributed by atoms with van der Waals surface area (Å²) in [5, 5.41) is 12.5. The summed E-state index contributed by atoms with van der Waals surface area (Å²) in [6, 6.07) is 3.50. The monoisotopic (exact) mass is 406 g/mol. The van der Waals surface area contributed by atoms with Crippen LogP contribution in [0.5, 0.6) is 17.2 Å². The highest BCUT2D eigenvalue weighted by Crippen LogP contribution is 2.41. The molecule has 0 unspecified atom stereocenters. The summed E-state index contributed by atoms with van der Waals surface area (Å²) in [6.07, 6.45) is 0. The molecule has 0 atom stereocenters. The van der Waals surface area contributed by atoms with Crippen molar-refractivity contribution in [3.63, 3.8) is 0 Å². The van der Waals surface area contributed by atoms with E-state index in [0.717, 1.165) is 0 Å². The first-order chi connectivity index (χ1) is 13.4. The number of ether oxygens (including phenoxy) is 3. The molecular formula is C18H22N4O5S. The molecule has 0 saturated carbocycles. The molecule has 0 radical (unpaired) electrons. The standard InChI is InChI=1S/C18H22N4O5S/c1-18(2,3)16-19-13(22-27-16)9-28-17-21-20-15(26-17)10-7-11(23-4)14(25-6)12(8-10)24-5/h7-8H,9H2,1-6H3. The Kier molecular flexibility index (Phi) is 5.78. The molecule has 3 rings (SSSR count). The van der Waals surface area contributed by atoms with Crippen molar-refractivity contribution in [3.05, 3.63) is 23.8 Å². The topological polar surface area (TPSA) is 106 Å². The third-order valence-electron chi connectivity index (χ3n) is 3.75. The SMILES string of the molecule is COc1cc(-c2nnc(SCc3noc(C(C)(C)C)n3)o2)cc(OC)c1OC. The smallest absolute Gasteiger partial charge is 0.277 e. The molecule has 0 fully saturated rings. The lowest BCUT2D eigenvalue weighted by atomic mass is 9.97. The number of methoxy groups -OCH3 is 3. The first kappa shape index (κ1) is 20.0. The Balaban J connectivity index is 1.76. The number of rotatable bonds is 7. The molecule has 0 bridgehead atoms. The number of hydrogen-bond donors (Lipinski definition) is 0. The van der Waals surface area contributed by atoms with Crippen molar-refractivity contribution >= 4 is 11.8 Å². The predicted octanol–water partition coefficient (Wildman–Crippen LogP) is 3.74. The molecule has 2 heterocycles. The number of aromatic nitrogens is 4. The maximum Gasteiger partial charge on any atom is 0.277 e. The van der Waals surface area contributed by atoms with Gasteiger partial charge in [-0.2, -0.15) is 4.98 Å². The van der Waals surface area contributed by atoms with Crippen LogP contribution in [0, 0.1) is 0 Å². The molecule has 0 N–H and O–H groups in total. The van der Waals surface area contributed by atoms with Crippen LogP contribution < -0.4 is 14.2 Å². The Morgan fingerprint density at radius 2 is 1.68 bits per heavy atom. The Bertz CT molecular complexity index is 923. The molecular weight excluding hydrogens is 384 g/mol. The number of thioether (sulfide) groups is 1. The largest absolute Gasteiger partial charge is 0.493 e. The van der Waals surface area contributed by atoms with E-state index in [1.807, 2.05) is 20.8 Å². The van der Waals surface area contributed by atoms with E-state index in [4.69, 9.17) is 23.2 Å². The molecule has 0 aliphatic rings. The van der Waals surface area contributed by atoms with E-state index < -0.39 is 0 Å². The van der Waals surface area contributed by atoms with Crippen LogP contribution in [0.2, 0.25) is 0 Å². The fraction of sp³-hybridized carbons (Fsp3) is 0.444. The van der Waals surface area contributed by atoms with Gasteiger partial charge in [0, 0.05) is 11.0 Å². The van der Waals surface area contributed by atoms with E-state index in [2.05, 4.69) is 20.3 Å². The molecule has 2 aromatic heterocycles. The second kappa shape index (κ2) is 8.09. The summed E-state index contributed by atoms with van der Waals surface area (Å²) >= 11 is 1.33. The number of hydrogen-bond acceptors (Lipinski definition) is 10. The Morgan fingerprint density at radius 1 is 1.00 bits per heavy atom. The van der Waals surface area contributed by atoms with Crippen LogP contribution >= 0.6 is 11.8 Å². The molecule has 3 aromatic rings. The Morgan fingerprint density at radius 3 is 2.21 bits per heavy atom. The number of nitrogens with zero attached hydrogens (tertiary/aromatic N) is 4. The molecule has 0 aliphatic heterocycles. The highest BCUT2D eigenvalue weighted by atomic mass is 32.2. The van der Waals surface area contributed by atoms with Gasteiger partial charge in [-0.1, -0.05) is 37.7 Å². The van der Waals surface area contributed by atoms with Gasteiger partial charge in [0.25, 0.3) is 5.22 Å². The maximum absolute atomic E-state index is 5.74. The van der Waals surface area contributed by atoms with E-state index in [1.54, 1.807) is 33.5 Å². The van der Waals surface area contributed by atoms with Crippen molar-refractivity contribution in [2.45, 2.75) is 37.2 Å². The van der Waals surface area contributed by atoms with E-state index in [9.17, 15) is 0 Å². The fourth-order valence-electron chi connectivity index (χ4n) is 2.33. The Hall–Kier alpha value is -2.75. The second-order valence-corrected chi connectivity index (χ2v) is 7.77. The van der Waals surface area contributed by atoms with Gasteiger partial charge in [-0.05, 0) is 12.1 Å². The molecule has 0 aliphatic carbocycles. The zero-order valence-electron chi connectivity index (χ0n) is 16.6. The molecule has 10 heteroatoms. The molecule has 28 heavy (non-hydrogen) atoms. The first-order valence-electron chi connectivity index (χ1n) is 8.45. The molecule has 0 spiro atoms. The summed E-state index contributed by atoms with van der Waals surface area (Å²) in [5.74, 6) is 3.46. The summed E-state index contributed by atoms with van der Waals surface area (Å²) < 4.78 is 27.1. The average Bonchev–Trinajstić information content (AvgIpc) is 3.34. The van der Waals surface area contributed by atoms with Gasteiger partial charge in [0.2, 0.25) is 17.5 Å². The van der Waals surface area contributed by atoms with Gasteiger partial charge in [-0.15, -0.1) is 10.2 Å². The minimum Gasteiger partial charge on any atom is -0.493 e. The van der Waals surface area contributed by atoms with Crippen molar-refractivity contribution in [3.8, 4) is 28.7 Å². The number of benzene rings is 1. The lowest BCUT2D eigenvalue weighted by Gasteiger charge is -2.12. The summed E-state index contributed by atoms with van der Waals surface area (Å²) in [6.45, 7) is 6.04. The minimum atomic E-state index is -0.194. The molecule has 150 valence electrons. The summed E-state index contributed by atoms with van der Waals surface area (Å²) in [7, 11) is 4.64. The fourth-order valence-corrected chi connectivity index (χ4v) is 2.94. The van der Waals surface area contributed by atoms with Gasteiger partial charge in [-0.25, -0.2) is 0 Å². The zero-order chi connectivity index (χ0) is 20.3. The average molecular weight is 406 g/mol. The van der Waals surface area contributed by atoms with Crippen LogP contribution in [0.25, 0.3) is 11.5 Å². The predicted molar refractivity (Wildman–Crippen MR) is 102 cm³/mol. The van der Waals surface area contributed by atoms with Crippen LogP contribution in [0.3, 0.4) is 0 Å². The molecule has 1 aromatic carbocycles. The van der Waals surface area contributed by atoms with Crippen molar-refractivity contribution < 1.29 is 23.2 Å². The maximum atomic E-state index is 5.74. The third kappa shape index (κ3) is 4.22. The van der Waals surface area contributed by atoms with Crippen LogP contribution in [-0.4, -0.2) is 41.7 Å². The van der Waals surface area contributed by atoms with Crippen LogP contribution in [0.1, 0.15) is 32.5 Å².